The summed E-state index contributed by atoms with van der Waals surface area (Å²) in [6, 6.07) is 0.0990. The van der Waals surface area contributed by atoms with E-state index < -0.39 is 11.4 Å². The fraction of sp³-hybridized carbons (Fsp3) is 0.382. The molecule has 0 saturated carbocycles. The zero-order valence-corrected chi connectivity index (χ0v) is 24.4. The summed E-state index contributed by atoms with van der Waals surface area (Å²) >= 11 is 0. The summed E-state index contributed by atoms with van der Waals surface area (Å²) in [5.74, 6) is -0.683. The van der Waals surface area contributed by atoms with Gasteiger partial charge in [0.2, 0.25) is 0 Å². The molecule has 0 spiro atoms. The Labute approximate surface area is 235 Å². The van der Waals surface area contributed by atoms with Gasteiger partial charge in [0.15, 0.2) is 0 Å². The molecular weight excluding hydrogens is 496 g/mol. The first kappa shape index (κ1) is 26.3. The van der Waals surface area contributed by atoms with Gasteiger partial charge in [-0.1, -0.05) is 39.5 Å². The molecule has 5 heterocycles. The van der Waals surface area contributed by atoms with Crippen molar-refractivity contribution in [3.8, 4) is 0 Å². The summed E-state index contributed by atoms with van der Waals surface area (Å²) in [5, 5.41) is 15.7. The smallest absolute Gasteiger partial charge is 0.331 e. The van der Waals surface area contributed by atoms with E-state index in [4.69, 9.17) is 9.98 Å². The van der Waals surface area contributed by atoms with Gasteiger partial charge in [-0.2, -0.15) is 0 Å². The SMILES string of the molecule is C=Cc1c(C)/c2[nH]/c1=C\C1=NC(=C\C3NC(=C(C)C3C)/C=C3N=C(/C=2)C2CC=C(C(=O)O)C(C)C\32C)/C(C)=C1C. The lowest BCUT2D eigenvalue weighted by Gasteiger charge is -2.41. The van der Waals surface area contributed by atoms with Gasteiger partial charge in [-0.05, 0) is 86.6 Å². The van der Waals surface area contributed by atoms with E-state index in [-0.39, 0.29) is 23.8 Å². The second-order valence-electron chi connectivity index (χ2n) is 12.2. The van der Waals surface area contributed by atoms with Crippen LogP contribution in [0.15, 0.2) is 74.2 Å². The number of carboxylic acids is 1. The van der Waals surface area contributed by atoms with Gasteiger partial charge in [-0.25, -0.2) is 9.79 Å². The van der Waals surface area contributed by atoms with Crippen molar-refractivity contribution in [3.63, 3.8) is 0 Å². The molecule has 1 aromatic heterocycles. The lowest BCUT2D eigenvalue weighted by Crippen LogP contribution is -2.40. The second-order valence-corrected chi connectivity index (χ2v) is 12.2. The largest absolute Gasteiger partial charge is 0.478 e. The van der Waals surface area contributed by atoms with Crippen molar-refractivity contribution in [1.82, 2.24) is 10.3 Å². The van der Waals surface area contributed by atoms with E-state index in [9.17, 15) is 9.90 Å². The molecule has 0 amide bonds. The van der Waals surface area contributed by atoms with Crippen molar-refractivity contribution in [2.75, 3.05) is 0 Å². The number of carbonyl (C=O) groups is 1. The van der Waals surface area contributed by atoms with Gasteiger partial charge in [0.25, 0.3) is 0 Å². The first-order chi connectivity index (χ1) is 18.9. The van der Waals surface area contributed by atoms with E-state index in [1.165, 1.54) is 16.7 Å². The molecule has 5 aliphatic rings. The number of fused-ring (bicyclic) bond motifs is 9. The molecule has 4 aliphatic heterocycles. The van der Waals surface area contributed by atoms with Gasteiger partial charge in [-0.15, -0.1) is 0 Å². The van der Waals surface area contributed by atoms with Crippen LogP contribution in [0.1, 0.15) is 59.1 Å². The Kier molecular flexibility index (Phi) is 5.95. The maximum Gasteiger partial charge on any atom is 0.331 e. The topological polar surface area (TPSA) is 89.8 Å². The van der Waals surface area contributed by atoms with E-state index in [1.807, 2.05) is 19.1 Å². The quantitative estimate of drug-likeness (QED) is 0.493. The zero-order chi connectivity index (χ0) is 28.7. The highest BCUT2D eigenvalue weighted by molar-refractivity contribution is 6.23. The van der Waals surface area contributed by atoms with Gasteiger partial charge >= 0.3 is 5.97 Å². The average molecular weight is 535 g/mol. The van der Waals surface area contributed by atoms with Crippen LogP contribution in [0.4, 0.5) is 0 Å². The number of hydrogen-bond donors (Lipinski definition) is 3. The zero-order valence-electron chi connectivity index (χ0n) is 24.4. The van der Waals surface area contributed by atoms with Crippen molar-refractivity contribution in [3.05, 3.63) is 86.0 Å². The third-order valence-electron chi connectivity index (χ3n) is 10.4. The molecular formula is C34H38N4O2. The van der Waals surface area contributed by atoms with E-state index in [2.05, 4.69) is 82.7 Å². The molecule has 206 valence electrons. The second kappa shape index (κ2) is 9.05. The van der Waals surface area contributed by atoms with E-state index in [0.717, 1.165) is 50.3 Å². The number of carboxylic acid groups (broad SMARTS) is 1. The first-order valence-electron chi connectivity index (χ1n) is 14.2. The molecule has 6 nitrogen and oxygen atoms in total. The van der Waals surface area contributed by atoms with Crippen LogP contribution in [0, 0.1) is 30.1 Å². The highest BCUT2D eigenvalue weighted by Gasteiger charge is 2.52. The lowest BCUT2D eigenvalue weighted by atomic mass is 9.60. The molecule has 3 N–H and O–H groups in total. The van der Waals surface area contributed by atoms with Crippen LogP contribution < -0.4 is 16.0 Å². The van der Waals surface area contributed by atoms with Crippen LogP contribution in [0.5, 0.6) is 0 Å². The Hall–Kier alpha value is -3.93. The number of nitrogens with zero attached hydrogens (tertiary/aromatic N) is 2. The fourth-order valence-electron chi connectivity index (χ4n) is 7.08. The van der Waals surface area contributed by atoms with Crippen LogP contribution in [0.2, 0.25) is 0 Å². The highest BCUT2D eigenvalue weighted by atomic mass is 16.4. The molecule has 5 atom stereocenters. The third-order valence-corrected chi connectivity index (χ3v) is 10.4. The normalized spacial score (nSPS) is 35.1. The minimum absolute atomic E-state index is 0.0701. The summed E-state index contributed by atoms with van der Waals surface area (Å²) in [7, 11) is 0. The standard InChI is InChI=1S/C34H38N4O2/c1-9-22-20(6)28-14-31-24-11-10-23(33(39)40)21(7)34(24,8)32(38-31)15-29-19(5)18(4)26(36-29)12-25-16(2)17(3)27(35-25)13-30(22)37-28/h9-10,12-15,18,21,24,26,36-37H,1,11H2,2-8H3,(H,39,40)/b25-12-,28-14+,30-13-,32-15-. The monoisotopic (exact) mass is 534 g/mol. The Morgan fingerprint density at radius 3 is 2.55 bits per heavy atom. The number of nitrogens with one attached hydrogen (secondary N) is 2. The van der Waals surface area contributed by atoms with Crippen molar-refractivity contribution >= 4 is 35.6 Å². The van der Waals surface area contributed by atoms with Crippen LogP contribution in [0.25, 0.3) is 18.2 Å². The molecule has 6 rings (SSSR count). The summed E-state index contributed by atoms with van der Waals surface area (Å²) in [6.45, 7) is 19.1. The molecule has 40 heavy (non-hydrogen) atoms. The number of aromatic amines is 1. The van der Waals surface area contributed by atoms with Gasteiger partial charge < -0.3 is 15.4 Å². The van der Waals surface area contributed by atoms with Crippen molar-refractivity contribution in [2.24, 2.45) is 33.2 Å². The van der Waals surface area contributed by atoms with Crippen LogP contribution in [0.3, 0.4) is 0 Å². The minimum atomic E-state index is -0.844. The summed E-state index contributed by atoms with van der Waals surface area (Å²) in [6.07, 6.45) is 13.2. The van der Waals surface area contributed by atoms with E-state index in [1.54, 1.807) is 0 Å². The Morgan fingerprint density at radius 1 is 1.10 bits per heavy atom. The molecule has 0 radical (unpaired) electrons. The van der Waals surface area contributed by atoms with Crippen LogP contribution in [-0.2, 0) is 4.79 Å². The van der Waals surface area contributed by atoms with Gasteiger partial charge in [0.05, 0.1) is 17.5 Å². The summed E-state index contributed by atoms with van der Waals surface area (Å²) < 4.78 is 0. The van der Waals surface area contributed by atoms with Gasteiger partial charge in [0.1, 0.15) is 0 Å². The number of rotatable bonds is 2. The number of aliphatic imine (C=N–C) groups is 2. The highest BCUT2D eigenvalue weighted by Crippen LogP contribution is 2.55. The Balaban J connectivity index is 1.65. The van der Waals surface area contributed by atoms with Gasteiger partial charge in [-0.3, -0.25) is 4.99 Å². The van der Waals surface area contributed by atoms with Crippen LogP contribution in [-0.4, -0.2) is 33.5 Å². The summed E-state index contributed by atoms with van der Waals surface area (Å²) in [5.41, 5.74) is 10.8. The number of H-pyrrole nitrogens is 1. The average Bonchev–Trinajstić information content (AvgIpc) is 3.54. The van der Waals surface area contributed by atoms with E-state index >= 15 is 0 Å². The van der Waals surface area contributed by atoms with Crippen molar-refractivity contribution in [2.45, 2.75) is 60.9 Å². The Bertz CT molecular complexity index is 1730. The van der Waals surface area contributed by atoms with Crippen LogP contribution >= 0.6 is 0 Å². The van der Waals surface area contributed by atoms with Gasteiger partial charge in [0, 0.05) is 56.2 Å². The minimum Gasteiger partial charge on any atom is -0.478 e. The molecule has 0 fully saturated rings. The molecule has 1 aliphatic carbocycles. The maximum atomic E-state index is 12.2. The maximum absolute atomic E-state index is 12.2. The van der Waals surface area contributed by atoms with Crippen molar-refractivity contribution in [1.29, 1.82) is 0 Å². The number of hydrogen-bond acceptors (Lipinski definition) is 4. The third kappa shape index (κ3) is 3.65. The van der Waals surface area contributed by atoms with Crippen molar-refractivity contribution < 1.29 is 9.90 Å². The number of aromatic nitrogens is 1. The Morgan fingerprint density at radius 2 is 1.85 bits per heavy atom. The predicted octanol–water partition coefficient (Wildman–Crippen LogP) is 5.11. The predicted molar refractivity (Wildman–Crippen MR) is 163 cm³/mol. The van der Waals surface area contributed by atoms with E-state index in [0.29, 0.717) is 12.0 Å². The molecule has 1 aromatic rings. The number of aliphatic carboxylic acids is 1. The molecule has 0 saturated heterocycles. The first-order valence-corrected chi connectivity index (χ1v) is 14.2. The fourth-order valence-corrected chi connectivity index (χ4v) is 7.08. The molecule has 6 heteroatoms. The molecule has 8 bridgehead atoms. The summed E-state index contributed by atoms with van der Waals surface area (Å²) in [4.78, 5) is 26.2. The molecule has 5 unspecified atom stereocenters. The number of allylic oxidation sites excluding steroid dienone is 5. The lowest BCUT2D eigenvalue weighted by molar-refractivity contribution is -0.133. The molecule has 0 aromatic carbocycles.